The monoisotopic (exact) mass is 383 g/mol. The second-order valence-corrected chi connectivity index (χ2v) is 6.34. The van der Waals surface area contributed by atoms with E-state index in [9.17, 15) is 19.2 Å². The molecular weight excluding hydrogens is 362 g/mol. The zero-order valence-electron chi connectivity index (χ0n) is 15.4. The van der Waals surface area contributed by atoms with Crippen molar-refractivity contribution >= 4 is 23.6 Å². The molecule has 0 heterocycles. The maximum absolute atomic E-state index is 11.9. The zero-order chi connectivity index (χ0) is 20.5. The molecule has 2 aromatic rings. The zero-order valence-corrected chi connectivity index (χ0v) is 15.4. The number of ketones is 1. The Morgan fingerprint density at radius 2 is 1.68 bits per heavy atom. The van der Waals surface area contributed by atoms with Gasteiger partial charge in [0, 0.05) is 12.3 Å². The molecule has 2 rings (SSSR count). The summed E-state index contributed by atoms with van der Waals surface area (Å²) in [6.07, 6.45) is 0.569. The minimum atomic E-state index is -1.04. The summed E-state index contributed by atoms with van der Waals surface area (Å²) in [5.41, 5.74) is 3.24. The van der Waals surface area contributed by atoms with Crippen LogP contribution in [0, 0.1) is 5.92 Å². The summed E-state index contributed by atoms with van der Waals surface area (Å²) in [5, 5.41) is 9.05. The van der Waals surface area contributed by atoms with Crippen molar-refractivity contribution in [3.63, 3.8) is 0 Å². The van der Waals surface area contributed by atoms with E-state index in [4.69, 9.17) is 9.94 Å². The van der Waals surface area contributed by atoms with Crippen LogP contribution in [0.2, 0.25) is 0 Å². The Hall–Kier alpha value is -3.48. The van der Waals surface area contributed by atoms with E-state index in [1.54, 1.807) is 42.5 Å². The van der Waals surface area contributed by atoms with Crippen LogP contribution in [-0.4, -0.2) is 28.7 Å². The van der Waals surface area contributed by atoms with E-state index in [0.717, 1.165) is 0 Å². The quantitative estimate of drug-likeness (QED) is 0.679. The summed E-state index contributed by atoms with van der Waals surface area (Å²) in [6.45, 7) is 1.43. The summed E-state index contributed by atoms with van der Waals surface area (Å²) in [6, 6.07) is 14.6. The molecule has 7 heteroatoms. The highest BCUT2D eigenvalue weighted by Crippen LogP contribution is 2.17. The molecule has 0 saturated heterocycles. The number of carboxylic acid groups (broad SMARTS) is 1. The summed E-state index contributed by atoms with van der Waals surface area (Å²) >= 11 is 0. The minimum absolute atomic E-state index is 0.00899. The summed E-state index contributed by atoms with van der Waals surface area (Å²) in [4.78, 5) is 51.4. The lowest BCUT2D eigenvalue weighted by Gasteiger charge is -2.14. The van der Waals surface area contributed by atoms with Crippen LogP contribution in [0.25, 0.3) is 0 Å². The molecule has 7 nitrogen and oxygen atoms in total. The number of nitrogens with one attached hydrogen (secondary N) is 1. The van der Waals surface area contributed by atoms with Gasteiger partial charge < -0.3 is 9.94 Å². The molecule has 2 N–H and O–H groups in total. The van der Waals surface area contributed by atoms with Crippen LogP contribution in [-0.2, 0) is 20.8 Å². The lowest BCUT2D eigenvalue weighted by molar-refractivity contribution is -0.130. The van der Waals surface area contributed by atoms with E-state index >= 15 is 0 Å². The number of Topliss-reactive ketones (excluding diaryl/α,β-unsaturated/α-hetero) is 1. The van der Waals surface area contributed by atoms with E-state index in [0.29, 0.717) is 17.5 Å². The normalized spacial score (nSPS) is 11.3. The molecule has 1 atom stereocenters. The van der Waals surface area contributed by atoms with Crippen LogP contribution in [0.3, 0.4) is 0 Å². The first kappa shape index (κ1) is 20.8. The number of carbonyl (C=O) groups excluding carboxylic acids is 3. The van der Waals surface area contributed by atoms with Crippen molar-refractivity contribution < 1.29 is 29.1 Å². The standard InChI is InChI=1S/C21H21NO6/c1-14(23)17(12-15-6-5-9-18(13-15)20(25)26)10-11-19(24)22-28-21(27)16-7-3-2-4-8-16/h2-9,13,17H,10-12H2,1H3,(H,22,24)(H,25,26). The van der Waals surface area contributed by atoms with Crippen molar-refractivity contribution in [2.24, 2.45) is 5.92 Å². The number of carbonyl (C=O) groups is 4. The fraction of sp³-hybridized carbons (Fsp3) is 0.238. The van der Waals surface area contributed by atoms with Crippen molar-refractivity contribution in [1.29, 1.82) is 0 Å². The van der Waals surface area contributed by atoms with Gasteiger partial charge in [-0.15, -0.1) is 0 Å². The molecule has 0 radical (unpaired) electrons. The largest absolute Gasteiger partial charge is 0.478 e. The van der Waals surface area contributed by atoms with Gasteiger partial charge in [0.1, 0.15) is 5.78 Å². The second-order valence-electron chi connectivity index (χ2n) is 6.34. The molecule has 1 amide bonds. The smallest absolute Gasteiger partial charge is 0.362 e. The Labute approximate surface area is 162 Å². The predicted octanol–water partition coefficient (Wildman–Crippen LogP) is 2.80. The highest BCUT2D eigenvalue weighted by atomic mass is 16.7. The molecule has 0 aliphatic heterocycles. The van der Waals surface area contributed by atoms with Crippen LogP contribution in [0.4, 0.5) is 0 Å². The second kappa shape index (κ2) is 10.0. The average Bonchev–Trinajstić information content (AvgIpc) is 2.69. The predicted molar refractivity (Wildman–Crippen MR) is 101 cm³/mol. The van der Waals surface area contributed by atoms with Gasteiger partial charge in [-0.2, -0.15) is 5.48 Å². The molecule has 0 fully saturated rings. The first-order valence-corrected chi connectivity index (χ1v) is 8.74. The molecule has 0 spiro atoms. The Balaban J connectivity index is 1.86. The number of aromatic carboxylic acids is 1. The van der Waals surface area contributed by atoms with Gasteiger partial charge in [-0.3, -0.25) is 9.59 Å². The highest BCUT2D eigenvalue weighted by molar-refractivity contribution is 5.90. The number of rotatable bonds is 8. The molecule has 1 unspecified atom stereocenters. The molecule has 0 aromatic heterocycles. The topological polar surface area (TPSA) is 110 Å². The van der Waals surface area contributed by atoms with E-state index < -0.39 is 23.8 Å². The van der Waals surface area contributed by atoms with Gasteiger partial charge in [0.2, 0.25) is 0 Å². The van der Waals surface area contributed by atoms with Crippen molar-refractivity contribution in [1.82, 2.24) is 5.48 Å². The van der Waals surface area contributed by atoms with Gasteiger partial charge in [0.25, 0.3) is 5.91 Å². The number of hydrogen-bond acceptors (Lipinski definition) is 5. The Kier molecular flexibility index (Phi) is 7.45. The number of benzene rings is 2. The SMILES string of the molecule is CC(=O)C(CCC(=O)NOC(=O)c1ccccc1)Cc1cccc(C(=O)O)c1. The molecule has 146 valence electrons. The third-order valence-electron chi connectivity index (χ3n) is 4.22. The fourth-order valence-electron chi connectivity index (χ4n) is 2.66. The van der Waals surface area contributed by atoms with Crippen LogP contribution < -0.4 is 5.48 Å². The van der Waals surface area contributed by atoms with Crippen molar-refractivity contribution in [2.45, 2.75) is 26.2 Å². The van der Waals surface area contributed by atoms with Gasteiger partial charge >= 0.3 is 11.9 Å². The molecule has 2 aromatic carbocycles. The van der Waals surface area contributed by atoms with Gasteiger partial charge in [-0.05, 0) is 49.6 Å². The highest BCUT2D eigenvalue weighted by Gasteiger charge is 2.18. The molecule has 0 aliphatic rings. The maximum atomic E-state index is 11.9. The summed E-state index contributed by atoms with van der Waals surface area (Å²) in [5.74, 6) is -2.78. The Bertz CT molecular complexity index is 862. The summed E-state index contributed by atoms with van der Waals surface area (Å²) < 4.78 is 0. The maximum Gasteiger partial charge on any atom is 0.362 e. The first-order valence-electron chi connectivity index (χ1n) is 8.74. The van der Waals surface area contributed by atoms with Gasteiger partial charge in [0.05, 0.1) is 11.1 Å². The number of hydroxylamine groups is 1. The molecule has 0 aliphatic carbocycles. The molecular formula is C21H21NO6. The lowest BCUT2D eigenvalue weighted by atomic mass is 9.91. The third-order valence-corrected chi connectivity index (χ3v) is 4.22. The van der Waals surface area contributed by atoms with Crippen LogP contribution in [0.15, 0.2) is 54.6 Å². The average molecular weight is 383 g/mol. The van der Waals surface area contributed by atoms with Gasteiger partial charge in [-0.1, -0.05) is 30.3 Å². The fourth-order valence-corrected chi connectivity index (χ4v) is 2.66. The van der Waals surface area contributed by atoms with Crippen LogP contribution in [0.1, 0.15) is 46.0 Å². The van der Waals surface area contributed by atoms with Gasteiger partial charge in [-0.25, -0.2) is 9.59 Å². The molecule has 28 heavy (non-hydrogen) atoms. The number of carboxylic acids is 1. The van der Waals surface area contributed by atoms with Crippen molar-refractivity contribution in [3.05, 3.63) is 71.3 Å². The van der Waals surface area contributed by atoms with E-state index in [-0.39, 0.29) is 24.2 Å². The Morgan fingerprint density at radius 1 is 1.00 bits per heavy atom. The van der Waals surface area contributed by atoms with Crippen LogP contribution in [0.5, 0.6) is 0 Å². The van der Waals surface area contributed by atoms with Gasteiger partial charge in [0.15, 0.2) is 0 Å². The van der Waals surface area contributed by atoms with E-state index in [1.165, 1.54) is 19.1 Å². The van der Waals surface area contributed by atoms with E-state index in [2.05, 4.69) is 5.48 Å². The van der Waals surface area contributed by atoms with Crippen LogP contribution >= 0.6 is 0 Å². The van der Waals surface area contributed by atoms with Crippen molar-refractivity contribution in [2.75, 3.05) is 0 Å². The first-order chi connectivity index (χ1) is 13.4. The third kappa shape index (κ3) is 6.35. The summed E-state index contributed by atoms with van der Waals surface area (Å²) in [7, 11) is 0. The number of amides is 1. The van der Waals surface area contributed by atoms with Crippen molar-refractivity contribution in [3.8, 4) is 0 Å². The lowest BCUT2D eigenvalue weighted by Crippen LogP contribution is -2.28. The Morgan fingerprint density at radius 3 is 2.32 bits per heavy atom. The minimum Gasteiger partial charge on any atom is -0.478 e. The molecule has 0 saturated carbocycles. The molecule has 0 bridgehead atoms. The number of hydrogen-bond donors (Lipinski definition) is 2. The van der Waals surface area contributed by atoms with E-state index in [1.807, 2.05) is 0 Å².